The van der Waals surface area contributed by atoms with Crippen molar-refractivity contribution in [1.82, 2.24) is 5.32 Å². The molecule has 8 atom stereocenters. The lowest BCUT2D eigenvalue weighted by Gasteiger charge is -2.58. The van der Waals surface area contributed by atoms with E-state index in [0.29, 0.717) is 25.2 Å². The minimum atomic E-state index is -1.95. The number of alkyl carbamates (subject to hydrolysis) is 1. The fourth-order valence-corrected chi connectivity index (χ4v) is 9.82. The molecule has 0 aliphatic heterocycles. The van der Waals surface area contributed by atoms with Gasteiger partial charge in [-0.2, -0.15) is 4.67 Å². The van der Waals surface area contributed by atoms with Crippen LogP contribution in [0.25, 0.3) is 0 Å². The fourth-order valence-electron chi connectivity index (χ4n) is 9.36. The van der Waals surface area contributed by atoms with Gasteiger partial charge in [0, 0.05) is 19.6 Å². The lowest BCUT2D eigenvalue weighted by atomic mass is 9.47. The van der Waals surface area contributed by atoms with Crippen LogP contribution in [0.15, 0.2) is 11.6 Å². The third-order valence-corrected chi connectivity index (χ3v) is 12.4. The van der Waals surface area contributed by atoms with Crippen LogP contribution in [-0.4, -0.2) is 49.1 Å². The number of unbranched alkanes of at least 4 members (excludes halogenated alkanes) is 6. The number of amides is 1. The molecule has 0 aromatic rings. The number of aliphatic hydroxyl groups is 1. The van der Waals surface area contributed by atoms with Crippen molar-refractivity contribution in [1.29, 1.82) is 0 Å². The third kappa shape index (κ3) is 8.48. The van der Waals surface area contributed by atoms with E-state index in [-0.39, 0.29) is 17.6 Å². The van der Waals surface area contributed by atoms with Crippen LogP contribution >= 0.6 is 8.60 Å². The standard InChI is InChI=1S/C33H58NO7P/c1-32-20-18-30-28(29(32)16-14-25(32)12-8-4-6-10-22-35)15-13-26-24-27(17-19-33(26,30)2)40-31(36)34-21-9-5-7-11-23-39-42(37)41-38-3/h13,25,27-30,35,37H,4-12,14-24H2,1-3H3,(H,34,36). The first kappa shape index (κ1) is 34.1. The number of rotatable bonds is 17. The van der Waals surface area contributed by atoms with Gasteiger partial charge in [0.05, 0.1) is 13.7 Å². The Morgan fingerprint density at radius 2 is 1.79 bits per heavy atom. The highest BCUT2D eigenvalue weighted by Gasteiger charge is 2.58. The van der Waals surface area contributed by atoms with Crippen LogP contribution in [0, 0.1) is 34.5 Å². The molecule has 4 rings (SSSR count). The van der Waals surface area contributed by atoms with E-state index in [1.807, 2.05) is 0 Å². The molecule has 0 bridgehead atoms. The van der Waals surface area contributed by atoms with Gasteiger partial charge in [-0.25, -0.2) is 9.68 Å². The van der Waals surface area contributed by atoms with Crippen LogP contribution in [0.1, 0.15) is 123 Å². The Morgan fingerprint density at radius 1 is 1.00 bits per heavy atom. The SMILES string of the molecule is COOP(O)OCCCCCCNC(=O)OC1CCC2(C)C(=CCC3C2CCC2(C)C(CCCCCCO)CCC32)C1. The highest BCUT2D eigenvalue weighted by molar-refractivity contribution is 7.40. The number of allylic oxidation sites excluding steroid dienone is 1. The van der Waals surface area contributed by atoms with Crippen LogP contribution in [-0.2, 0) is 18.8 Å². The van der Waals surface area contributed by atoms with Crippen LogP contribution in [0.5, 0.6) is 0 Å². The minimum Gasteiger partial charge on any atom is -0.446 e. The van der Waals surface area contributed by atoms with Gasteiger partial charge in [0.15, 0.2) is 0 Å². The zero-order valence-corrected chi connectivity index (χ0v) is 27.4. The second-order valence-electron chi connectivity index (χ2n) is 13.9. The summed E-state index contributed by atoms with van der Waals surface area (Å²) in [4.78, 5) is 26.2. The Bertz CT molecular complexity index is 873. The van der Waals surface area contributed by atoms with Crippen molar-refractivity contribution >= 4 is 14.7 Å². The smallest absolute Gasteiger partial charge is 0.407 e. The number of nitrogens with one attached hydrogen (secondary N) is 1. The quantitative estimate of drug-likeness (QED) is 0.0503. The molecule has 8 unspecified atom stereocenters. The first-order chi connectivity index (χ1) is 20.3. The van der Waals surface area contributed by atoms with E-state index in [0.717, 1.165) is 75.0 Å². The zero-order valence-electron chi connectivity index (χ0n) is 26.5. The maximum atomic E-state index is 12.5. The summed E-state index contributed by atoms with van der Waals surface area (Å²) in [5, 5.41) is 12.0. The number of ether oxygens (including phenoxy) is 1. The van der Waals surface area contributed by atoms with Gasteiger partial charge in [-0.15, -0.1) is 0 Å². The largest absolute Gasteiger partial charge is 0.446 e. The van der Waals surface area contributed by atoms with Gasteiger partial charge in [-0.05, 0) is 105 Å². The summed E-state index contributed by atoms with van der Waals surface area (Å²) in [5.74, 6) is 3.32. The zero-order chi connectivity index (χ0) is 30.0. The van der Waals surface area contributed by atoms with E-state index in [9.17, 15) is 9.69 Å². The number of fused-ring (bicyclic) bond motifs is 5. The predicted octanol–water partition coefficient (Wildman–Crippen LogP) is 7.98. The summed E-state index contributed by atoms with van der Waals surface area (Å²) in [6, 6.07) is 0. The molecule has 3 saturated carbocycles. The molecule has 3 fully saturated rings. The molecule has 3 N–H and O–H groups in total. The van der Waals surface area contributed by atoms with Gasteiger partial charge in [0.2, 0.25) is 0 Å². The van der Waals surface area contributed by atoms with E-state index in [2.05, 4.69) is 34.8 Å². The fraction of sp³-hybridized carbons (Fsp3) is 0.909. The summed E-state index contributed by atoms with van der Waals surface area (Å²) in [6.07, 6.45) is 21.7. The predicted molar refractivity (Wildman–Crippen MR) is 165 cm³/mol. The molecule has 0 heterocycles. The highest BCUT2D eigenvalue weighted by atomic mass is 31.2. The topological polar surface area (TPSA) is 106 Å². The molecule has 0 spiro atoms. The van der Waals surface area contributed by atoms with E-state index >= 15 is 0 Å². The first-order valence-corrected chi connectivity index (χ1v) is 18.0. The Morgan fingerprint density at radius 3 is 2.60 bits per heavy atom. The van der Waals surface area contributed by atoms with E-state index in [4.69, 9.17) is 14.4 Å². The summed E-state index contributed by atoms with van der Waals surface area (Å²) in [6.45, 7) is 6.52. The van der Waals surface area contributed by atoms with E-state index in [1.54, 1.807) is 5.57 Å². The molecule has 9 heteroatoms. The summed E-state index contributed by atoms with van der Waals surface area (Å²) in [5.41, 5.74) is 2.33. The molecule has 0 saturated heterocycles. The maximum Gasteiger partial charge on any atom is 0.407 e. The monoisotopic (exact) mass is 611 g/mol. The molecule has 4 aliphatic rings. The number of carbonyl (C=O) groups is 1. The summed E-state index contributed by atoms with van der Waals surface area (Å²) >= 11 is 0. The Kier molecular flexibility index (Phi) is 13.4. The third-order valence-electron chi connectivity index (χ3n) is 11.7. The van der Waals surface area contributed by atoms with Crippen LogP contribution in [0.2, 0.25) is 0 Å². The van der Waals surface area contributed by atoms with Crippen LogP contribution in [0.3, 0.4) is 0 Å². The normalized spacial score (nSPS) is 34.6. The van der Waals surface area contributed by atoms with Gasteiger partial charge >= 0.3 is 14.7 Å². The van der Waals surface area contributed by atoms with Crippen molar-refractivity contribution in [3.63, 3.8) is 0 Å². The van der Waals surface area contributed by atoms with Gasteiger partial charge in [0.1, 0.15) is 6.10 Å². The Labute approximate surface area is 255 Å². The van der Waals surface area contributed by atoms with Crippen LogP contribution in [0.4, 0.5) is 4.79 Å². The van der Waals surface area contributed by atoms with Crippen molar-refractivity contribution < 1.29 is 33.6 Å². The number of hydrogen-bond donors (Lipinski definition) is 3. The van der Waals surface area contributed by atoms with Crippen molar-refractivity contribution in [3.8, 4) is 0 Å². The van der Waals surface area contributed by atoms with E-state index in [1.165, 1.54) is 64.9 Å². The van der Waals surface area contributed by atoms with Gasteiger partial charge in [0.25, 0.3) is 0 Å². The van der Waals surface area contributed by atoms with Gasteiger partial charge in [-0.1, -0.05) is 57.6 Å². The van der Waals surface area contributed by atoms with Gasteiger partial charge in [-0.3, -0.25) is 0 Å². The summed E-state index contributed by atoms with van der Waals surface area (Å²) in [7, 11) is -0.619. The van der Waals surface area contributed by atoms with Crippen molar-refractivity contribution in [2.24, 2.45) is 34.5 Å². The second kappa shape index (κ2) is 16.5. The first-order valence-electron chi connectivity index (χ1n) is 16.9. The van der Waals surface area contributed by atoms with Crippen LogP contribution < -0.4 is 5.32 Å². The minimum absolute atomic E-state index is 0.0173. The highest BCUT2D eigenvalue weighted by Crippen LogP contribution is 2.66. The molecule has 4 aliphatic carbocycles. The molecule has 42 heavy (non-hydrogen) atoms. The molecule has 1 amide bonds. The molecule has 0 aromatic carbocycles. The molecule has 0 aromatic heterocycles. The number of aliphatic hydroxyl groups excluding tert-OH is 1. The Balaban J connectivity index is 1.18. The molecular formula is C33H58NO7P. The molecule has 8 nitrogen and oxygen atoms in total. The van der Waals surface area contributed by atoms with Crippen molar-refractivity contribution in [2.45, 2.75) is 129 Å². The Hall–Kier alpha value is -0.760. The van der Waals surface area contributed by atoms with Crippen molar-refractivity contribution in [3.05, 3.63) is 11.6 Å². The summed E-state index contributed by atoms with van der Waals surface area (Å²) < 4.78 is 15.5. The molecular weight excluding hydrogens is 553 g/mol. The molecule has 242 valence electrons. The van der Waals surface area contributed by atoms with Crippen molar-refractivity contribution in [2.75, 3.05) is 26.9 Å². The average Bonchev–Trinajstić information content (AvgIpc) is 3.30. The lowest BCUT2D eigenvalue weighted by molar-refractivity contribution is -0.187. The number of carbonyl (C=O) groups excluding carboxylic acids is 1. The average molecular weight is 612 g/mol. The second-order valence-corrected chi connectivity index (χ2v) is 14.8. The number of hydrogen-bond acceptors (Lipinski definition) is 7. The maximum absolute atomic E-state index is 12.5. The van der Waals surface area contributed by atoms with Gasteiger partial charge < -0.3 is 24.6 Å². The lowest BCUT2D eigenvalue weighted by Crippen LogP contribution is -2.50. The van der Waals surface area contributed by atoms with E-state index < -0.39 is 8.60 Å². The molecule has 0 radical (unpaired) electrons.